The number of amides is 1. The predicted octanol–water partition coefficient (Wildman–Crippen LogP) is 3.45. The van der Waals surface area contributed by atoms with Gasteiger partial charge in [0.25, 0.3) is 0 Å². The van der Waals surface area contributed by atoms with Crippen molar-refractivity contribution in [2.75, 3.05) is 13.1 Å². The first kappa shape index (κ1) is 21.5. The zero-order valence-electron chi connectivity index (χ0n) is 16.8. The molecule has 3 atom stereocenters. The highest BCUT2D eigenvalue weighted by atomic mass is 35.5. The van der Waals surface area contributed by atoms with Crippen molar-refractivity contribution in [2.24, 2.45) is 13.0 Å². The number of rotatable bonds is 5. The van der Waals surface area contributed by atoms with Gasteiger partial charge in [0.2, 0.25) is 5.91 Å². The molecule has 1 fully saturated rings. The lowest BCUT2D eigenvalue weighted by Crippen LogP contribution is -2.35. The van der Waals surface area contributed by atoms with Crippen LogP contribution in [0.3, 0.4) is 0 Å². The van der Waals surface area contributed by atoms with E-state index < -0.39 is 0 Å². The molecule has 4 rings (SSSR count). The number of thiazole rings is 1. The quantitative estimate of drug-likeness (QED) is 0.649. The number of aryl methyl sites for hydroxylation is 2. The second-order valence-electron chi connectivity index (χ2n) is 7.38. The number of halogens is 1. The van der Waals surface area contributed by atoms with Crippen molar-refractivity contribution in [3.05, 3.63) is 58.9 Å². The minimum absolute atomic E-state index is 0. The van der Waals surface area contributed by atoms with E-state index in [1.165, 1.54) is 0 Å². The van der Waals surface area contributed by atoms with E-state index in [1.807, 2.05) is 51.5 Å². The highest BCUT2D eigenvalue weighted by molar-refractivity contribution is 7.15. The molecule has 1 aliphatic rings. The van der Waals surface area contributed by atoms with Gasteiger partial charge in [0.05, 0.1) is 28.7 Å². The van der Waals surface area contributed by atoms with Crippen molar-refractivity contribution < 1.29 is 4.79 Å². The van der Waals surface area contributed by atoms with Crippen LogP contribution in [0.15, 0.2) is 42.7 Å². The maximum atomic E-state index is 13.0. The Hall–Kier alpha value is -2.22. The number of nitrogens with one attached hydrogen (secondary N) is 2. The van der Waals surface area contributed by atoms with Crippen molar-refractivity contribution in [3.63, 3.8) is 0 Å². The Morgan fingerprint density at radius 1 is 1.31 bits per heavy atom. The fraction of sp³-hybridized carbons (Fsp3) is 0.381. The monoisotopic (exact) mass is 431 g/mol. The maximum absolute atomic E-state index is 13.0. The van der Waals surface area contributed by atoms with Gasteiger partial charge in [0.1, 0.15) is 5.01 Å². The van der Waals surface area contributed by atoms with E-state index in [-0.39, 0.29) is 36.2 Å². The molecule has 0 bridgehead atoms. The minimum Gasteiger partial charge on any atom is -0.348 e. The van der Waals surface area contributed by atoms with E-state index in [0.717, 1.165) is 33.3 Å². The van der Waals surface area contributed by atoms with Crippen LogP contribution in [0, 0.1) is 12.8 Å². The number of benzene rings is 1. The van der Waals surface area contributed by atoms with E-state index in [0.29, 0.717) is 6.54 Å². The Morgan fingerprint density at radius 3 is 2.76 bits per heavy atom. The van der Waals surface area contributed by atoms with Crippen LogP contribution in [-0.2, 0) is 11.8 Å². The lowest BCUT2D eigenvalue weighted by atomic mass is 9.90. The molecule has 29 heavy (non-hydrogen) atoms. The number of carbonyl (C=O) groups is 1. The van der Waals surface area contributed by atoms with Crippen LogP contribution in [-0.4, -0.2) is 33.8 Å². The summed E-state index contributed by atoms with van der Waals surface area (Å²) in [4.78, 5) is 18.8. The third-order valence-electron chi connectivity index (χ3n) is 5.31. The molecule has 2 aromatic heterocycles. The minimum atomic E-state index is -0.0894. The fourth-order valence-corrected chi connectivity index (χ4v) is 4.91. The Kier molecular flexibility index (Phi) is 6.72. The van der Waals surface area contributed by atoms with Crippen LogP contribution in [0.5, 0.6) is 0 Å². The highest BCUT2D eigenvalue weighted by Gasteiger charge is 2.35. The number of aromatic nitrogens is 3. The molecule has 0 radical (unpaired) electrons. The molecule has 1 amide bonds. The van der Waals surface area contributed by atoms with Crippen molar-refractivity contribution in [3.8, 4) is 10.6 Å². The smallest absolute Gasteiger partial charge is 0.225 e. The van der Waals surface area contributed by atoms with E-state index in [4.69, 9.17) is 4.98 Å². The summed E-state index contributed by atoms with van der Waals surface area (Å²) in [6.07, 6.45) is 3.86. The van der Waals surface area contributed by atoms with Gasteiger partial charge in [-0.25, -0.2) is 4.98 Å². The first-order valence-electron chi connectivity index (χ1n) is 9.55. The van der Waals surface area contributed by atoms with E-state index in [9.17, 15) is 4.79 Å². The Bertz CT molecular complexity index is 971. The van der Waals surface area contributed by atoms with Crippen LogP contribution >= 0.6 is 23.7 Å². The Labute approximate surface area is 181 Å². The van der Waals surface area contributed by atoms with Gasteiger partial charge in [-0.15, -0.1) is 23.7 Å². The summed E-state index contributed by atoms with van der Waals surface area (Å²) in [6, 6.07) is 10.1. The van der Waals surface area contributed by atoms with Crippen LogP contribution in [0.4, 0.5) is 0 Å². The molecule has 3 heterocycles. The molecular formula is C21H26ClN5OS. The average Bonchev–Trinajstić information content (AvgIpc) is 3.41. The zero-order chi connectivity index (χ0) is 19.7. The molecule has 0 aliphatic carbocycles. The summed E-state index contributed by atoms with van der Waals surface area (Å²) in [6.45, 7) is 5.54. The molecule has 0 spiro atoms. The highest BCUT2D eigenvalue weighted by Crippen LogP contribution is 2.33. The second-order valence-corrected chi connectivity index (χ2v) is 8.41. The fourth-order valence-electron chi connectivity index (χ4n) is 3.84. The van der Waals surface area contributed by atoms with Crippen LogP contribution in [0.2, 0.25) is 0 Å². The van der Waals surface area contributed by atoms with Crippen molar-refractivity contribution in [1.29, 1.82) is 0 Å². The van der Waals surface area contributed by atoms with Gasteiger partial charge in [0, 0.05) is 37.8 Å². The summed E-state index contributed by atoms with van der Waals surface area (Å²) in [5.41, 5.74) is 3.20. The standard InChI is InChI=1S/C21H25N5OS.ClH/c1-13(19-14(2)25-21(28-19)15-7-5-4-6-8-15)24-20(27)18-11-22-10-17(18)16-9-23-26(3)12-16;/h4-9,12-13,17-18,22H,10-11H2,1-3H3,(H,24,27);1H/t13?,17-,18+;/m1./s1. The third-order valence-corrected chi connectivity index (χ3v) is 6.70. The average molecular weight is 432 g/mol. The molecule has 1 aliphatic heterocycles. The number of carbonyl (C=O) groups excluding carboxylic acids is 1. The molecular weight excluding hydrogens is 406 g/mol. The van der Waals surface area contributed by atoms with Gasteiger partial charge in [-0.2, -0.15) is 5.10 Å². The van der Waals surface area contributed by atoms with Gasteiger partial charge in [-0.1, -0.05) is 30.3 Å². The van der Waals surface area contributed by atoms with Gasteiger partial charge in [-0.3, -0.25) is 9.48 Å². The SMILES string of the molecule is Cc1nc(-c2ccccc2)sc1C(C)NC(=O)[C@H]1CNC[C@@H]1c1cnn(C)c1.Cl. The molecule has 1 unspecified atom stereocenters. The first-order chi connectivity index (χ1) is 13.5. The summed E-state index contributed by atoms with van der Waals surface area (Å²) < 4.78 is 1.79. The van der Waals surface area contributed by atoms with Crippen LogP contribution in [0.1, 0.15) is 35.0 Å². The van der Waals surface area contributed by atoms with Crippen LogP contribution in [0.25, 0.3) is 10.6 Å². The summed E-state index contributed by atoms with van der Waals surface area (Å²) in [5, 5.41) is 11.8. The molecule has 2 N–H and O–H groups in total. The Morgan fingerprint density at radius 2 is 2.07 bits per heavy atom. The van der Waals surface area contributed by atoms with Crippen molar-refractivity contribution in [2.45, 2.75) is 25.8 Å². The largest absolute Gasteiger partial charge is 0.348 e. The topological polar surface area (TPSA) is 71.8 Å². The second kappa shape index (κ2) is 9.07. The van der Waals surface area contributed by atoms with E-state index in [1.54, 1.807) is 16.0 Å². The molecule has 3 aromatic rings. The third kappa shape index (κ3) is 4.52. The summed E-state index contributed by atoms with van der Waals surface area (Å²) in [5.74, 6) is 0.150. The lowest BCUT2D eigenvalue weighted by molar-refractivity contribution is -0.125. The maximum Gasteiger partial charge on any atom is 0.225 e. The molecule has 0 saturated carbocycles. The number of hydrogen-bond donors (Lipinski definition) is 2. The summed E-state index contributed by atoms with van der Waals surface area (Å²) >= 11 is 1.65. The molecule has 8 heteroatoms. The molecule has 1 saturated heterocycles. The molecule has 154 valence electrons. The van der Waals surface area contributed by atoms with Crippen molar-refractivity contribution in [1.82, 2.24) is 25.4 Å². The summed E-state index contributed by atoms with van der Waals surface area (Å²) in [7, 11) is 1.90. The zero-order valence-corrected chi connectivity index (χ0v) is 18.4. The first-order valence-corrected chi connectivity index (χ1v) is 10.4. The van der Waals surface area contributed by atoms with E-state index >= 15 is 0 Å². The normalized spacial score (nSPS) is 19.6. The van der Waals surface area contributed by atoms with Crippen LogP contribution < -0.4 is 10.6 Å². The number of nitrogens with zero attached hydrogens (tertiary/aromatic N) is 3. The molecule has 1 aromatic carbocycles. The predicted molar refractivity (Wildman–Crippen MR) is 118 cm³/mol. The van der Waals surface area contributed by atoms with Gasteiger partial charge < -0.3 is 10.6 Å². The molecule has 6 nitrogen and oxygen atoms in total. The number of hydrogen-bond acceptors (Lipinski definition) is 5. The van der Waals surface area contributed by atoms with Gasteiger partial charge >= 0.3 is 0 Å². The van der Waals surface area contributed by atoms with E-state index in [2.05, 4.69) is 27.9 Å². The van der Waals surface area contributed by atoms with Crippen molar-refractivity contribution >= 4 is 29.7 Å². The lowest BCUT2D eigenvalue weighted by Gasteiger charge is -2.20. The Balaban J connectivity index is 0.00000240. The van der Waals surface area contributed by atoms with Gasteiger partial charge in [-0.05, 0) is 19.4 Å². The van der Waals surface area contributed by atoms with Gasteiger partial charge in [0.15, 0.2) is 0 Å².